The van der Waals surface area contributed by atoms with Crippen LogP contribution in [0.25, 0.3) is 0 Å². The van der Waals surface area contributed by atoms with Crippen molar-refractivity contribution >= 4 is 15.9 Å². The zero-order valence-electron chi connectivity index (χ0n) is 9.58. The molecule has 1 aromatic carbocycles. The molecule has 0 N–H and O–H groups in total. The van der Waals surface area contributed by atoms with Gasteiger partial charge in [-0.2, -0.15) is 0 Å². The molecule has 2 aromatic rings. The average Bonchev–Trinajstić information content (AvgIpc) is 2.35. The van der Waals surface area contributed by atoms with E-state index in [1.807, 2.05) is 6.92 Å². The predicted molar refractivity (Wildman–Crippen MR) is 68.0 cm³/mol. The minimum atomic E-state index is -0.731. The van der Waals surface area contributed by atoms with Gasteiger partial charge in [0.05, 0.1) is 6.20 Å². The van der Waals surface area contributed by atoms with Gasteiger partial charge in [0.15, 0.2) is 17.4 Å². The van der Waals surface area contributed by atoms with Crippen molar-refractivity contribution in [1.82, 2.24) is 4.98 Å². The van der Waals surface area contributed by atoms with Crippen LogP contribution in [-0.2, 0) is 5.33 Å². The van der Waals surface area contributed by atoms with E-state index in [1.165, 1.54) is 18.3 Å². The standard InChI is InChI=1S/C13H10BrF2NO/c1-8-2-3-10(7-17-8)18-13-11(15)4-9(6-14)5-12(13)16/h2-5,7H,6H2,1H3. The molecule has 5 heteroatoms. The molecule has 0 saturated heterocycles. The Labute approximate surface area is 112 Å². The van der Waals surface area contributed by atoms with Gasteiger partial charge in [-0.3, -0.25) is 4.98 Å². The molecule has 2 rings (SSSR count). The van der Waals surface area contributed by atoms with Crippen LogP contribution in [0.1, 0.15) is 11.3 Å². The van der Waals surface area contributed by atoms with E-state index in [1.54, 1.807) is 12.1 Å². The predicted octanol–water partition coefficient (Wildman–Crippen LogP) is 4.36. The van der Waals surface area contributed by atoms with Crippen molar-refractivity contribution < 1.29 is 13.5 Å². The molecule has 0 aliphatic rings. The Balaban J connectivity index is 2.31. The third-order valence-electron chi connectivity index (χ3n) is 2.32. The van der Waals surface area contributed by atoms with Gasteiger partial charge in [-0.25, -0.2) is 8.78 Å². The highest BCUT2D eigenvalue weighted by Gasteiger charge is 2.13. The lowest BCUT2D eigenvalue weighted by atomic mass is 10.2. The maximum atomic E-state index is 13.7. The zero-order valence-corrected chi connectivity index (χ0v) is 11.2. The number of halogens is 3. The van der Waals surface area contributed by atoms with Crippen LogP contribution in [0.4, 0.5) is 8.78 Å². The molecule has 2 nitrogen and oxygen atoms in total. The summed E-state index contributed by atoms with van der Waals surface area (Å²) >= 11 is 3.14. The second-order valence-corrected chi connectivity index (χ2v) is 4.32. The van der Waals surface area contributed by atoms with Gasteiger partial charge in [0.2, 0.25) is 0 Å². The number of hydrogen-bond acceptors (Lipinski definition) is 2. The minimum Gasteiger partial charge on any atom is -0.450 e. The summed E-state index contributed by atoms with van der Waals surface area (Å²) in [6.45, 7) is 1.82. The van der Waals surface area contributed by atoms with Crippen LogP contribution in [0, 0.1) is 18.6 Å². The molecule has 0 fully saturated rings. The molecule has 0 amide bonds. The van der Waals surface area contributed by atoms with Crippen molar-refractivity contribution in [1.29, 1.82) is 0 Å². The van der Waals surface area contributed by atoms with Crippen molar-refractivity contribution in [2.24, 2.45) is 0 Å². The second kappa shape index (κ2) is 5.44. The quantitative estimate of drug-likeness (QED) is 0.786. The first-order valence-electron chi connectivity index (χ1n) is 5.24. The van der Waals surface area contributed by atoms with Crippen molar-refractivity contribution in [2.75, 3.05) is 0 Å². The van der Waals surface area contributed by atoms with Crippen LogP contribution < -0.4 is 4.74 Å². The summed E-state index contributed by atoms with van der Waals surface area (Å²) in [5.41, 5.74) is 1.32. The number of hydrogen-bond donors (Lipinski definition) is 0. The highest BCUT2D eigenvalue weighted by Crippen LogP contribution is 2.28. The molecular formula is C13H10BrF2NO. The Hall–Kier alpha value is -1.49. The maximum absolute atomic E-state index is 13.7. The van der Waals surface area contributed by atoms with E-state index >= 15 is 0 Å². The maximum Gasteiger partial charge on any atom is 0.198 e. The highest BCUT2D eigenvalue weighted by atomic mass is 79.9. The fourth-order valence-electron chi connectivity index (χ4n) is 1.42. The fourth-order valence-corrected chi connectivity index (χ4v) is 1.74. The monoisotopic (exact) mass is 313 g/mol. The number of nitrogens with zero attached hydrogens (tertiary/aromatic N) is 1. The van der Waals surface area contributed by atoms with Gasteiger partial charge in [-0.15, -0.1) is 0 Å². The molecular weight excluding hydrogens is 304 g/mol. The lowest BCUT2D eigenvalue weighted by molar-refractivity contribution is 0.405. The van der Waals surface area contributed by atoms with Crippen LogP contribution in [0.15, 0.2) is 30.5 Å². The van der Waals surface area contributed by atoms with E-state index in [4.69, 9.17) is 4.74 Å². The van der Waals surface area contributed by atoms with Gasteiger partial charge in [0, 0.05) is 11.0 Å². The third-order valence-corrected chi connectivity index (χ3v) is 2.96. The van der Waals surface area contributed by atoms with E-state index in [0.29, 0.717) is 16.6 Å². The average molecular weight is 314 g/mol. The van der Waals surface area contributed by atoms with Crippen molar-refractivity contribution in [3.05, 3.63) is 53.4 Å². The molecule has 0 aliphatic carbocycles. The molecule has 94 valence electrons. The van der Waals surface area contributed by atoms with Crippen molar-refractivity contribution in [2.45, 2.75) is 12.3 Å². The molecule has 18 heavy (non-hydrogen) atoms. The first kappa shape index (κ1) is 13.0. The number of ether oxygens (including phenoxy) is 1. The van der Waals surface area contributed by atoms with E-state index < -0.39 is 17.4 Å². The Bertz CT molecular complexity index is 534. The SMILES string of the molecule is Cc1ccc(Oc2c(F)cc(CBr)cc2F)cn1. The lowest BCUT2D eigenvalue weighted by Crippen LogP contribution is -1.95. The number of pyridine rings is 1. The van der Waals surface area contributed by atoms with Crippen LogP contribution in [0.3, 0.4) is 0 Å². The third kappa shape index (κ3) is 2.85. The van der Waals surface area contributed by atoms with Crippen LogP contribution in [-0.4, -0.2) is 4.98 Å². The molecule has 0 bridgehead atoms. The Kier molecular flexibility index (Phi) is 3.91. The molecule has 0 radical (unpaired) electrons. The molecule has 0 unspecified atom stereocenters. The molecule has 0 spiro atoms. The molecule has 0 atom stereocenters. The van der Waals surface area contributed by atoms with Crippen molar-refractivity contribution in [3.8, 4) is 11.5 Å². The van der Waals surface area contributed by atoms with E-state index in [-0.39, 0.29) is 0 Å². The number of aryl methyl sites for hydroxylation is 1. The zero-order chi connectivity index (χ0) is 13.1. The summed E-state index contributed by atoms with van der Waals surface area (Å²) in [4.78, 5) is 3.99. The number of aromatic nitrogens is 1. The number of rotatable bonds is 3. The molecule has 1 heterocycles. The topological polar surface area (TPSA) is 22.1 Å². The fraction of sp³-hybridized carbons (Fsp3) is 0.154. The summed E-state index contributed by atoms with van der Waals surface area (Å²) in [6.07, 6.45) is 1.42. The van der Waals surface area contributed by atoms with Crippen molar-refractivity contribution in [3.63, 3.8) is 0 Å². The summed E-state index contributed by atoms with van der Waals surface area (Å²) < 4.78 is 32.5. The van der Waals surface area contributed by atoms with E-state index in [2.05, 4.69) is 20.9 Å². The van der Waals surface area contributed by atoms with Gasteiger partial charge in [-0.05, 0) is 36.8 Å². The first-order chi connectivity index (χ1) is 8.60. The first-order valence-corrected chi connectivity index (χ1v) is 6.36. The molecule has 0 saturated carbocycles. The van der Waals surface area contributed by atoms with E-state index in [9.17, 15) is 8.78 Å². The normalized spacial score (nSPS) is 10.4. The van der Waals surface area contributed by atoms with Gasteiger partial charge in [-0.1, -0.05) is 15.9 Å². The lowest BCUT2D eigenvalue weighted by Gasteiger charge is -2.09. The minimum absolute atomic E-state index is 0.296. The molecule has 1 aromatic heterocycles. The number of alkyl halides is 1. The smallest absolute Gasteiger partial charge is 0.198 e. The van der Waals surface area contributed by atoms with Crippen LogP contribution >= 0.6 is 15.9 Å². The Morgan fingerprint density at radius 3 is 2.39 bits per heavy atom. The largest absolute Gasteiger partial charge is 0.450 e. The van der Waals surface area contributed by atoms with Gasteiger partial charge >= 0.3 is 0 Å². The Morgan fingerprint density at radius 2 is 1.89 bits per heavy atom. The Morgan fingerprint density at radius 1 is 1.22 bits per heavy atom. The summed E-state index contributed by atoms with van der Waals surface area (Å²) in [7, 11) is 0. The van der Waals surface area contributed by atoms with Crippen LogP contribution in [0.5, 0.6) is 11.5 Å². The van der Waals surface area contributed by atoms with Crippen LogP contribution in [0.2, 0.25) is 0 Å². The summed E-state index contributed by atoms with van der Waals surface area (Å²) in [5.74, 6) is -1.58. The second-order valence-electron chi connectivity index (χ2n) is 3.76. The summed E-state index contributed by atoms with van der Waals surface area (Å²) in [5, 5.41) is 0.382. The van der Waals surface area contributed by atoms with Gasteiger partial charge < -0.3 is 4.74 Å². The van der Waals surface area contributed by atoms with Gasteiger partial charge in [0.25, 0.3) is 0 Å². The van der Waals surface area contributed by atoms with E-state index in [0.717, 1.165) is 5.69 Å². The highest BCUT2D eigenvalue weighted by molar-refractivity contribution is 9.08. The molecule has 0 aliphatic heterocycles. The van der Waals surface area contributed by atoms with Gasteiger partial charge in [0.1, 0.15) is 5.75 Å². The summed E-state index contributed by atoms with van der Waals surface area (Å²) in [6, 6.07) is 5.78. The number of benzene rings is 1.